The monoisotopic (exact) mass is 447 g/mol. The Morgan fingerprint density at radius 1 is 1.03 bits per heavy atom. The Kier molecular flexibility index (Phi) is 5.86. The van der Waals surface area contributed by atoms with Crippen molar-refractivity contribution in [2.75, 3.05) is 4.90 Å². The third-order valence-electron chi connectivity index (χ3n) is 5.29. The van der Waals surface area contributed by atoms with Crippen LogP contribution in [0.1, 0.15) is 41.9 Å². The SMILES string of the molecule is Cc1[nH]c(-c2ccc(Cl)cc2Cl)nc1C(=O)N(c1ccc(Cl)cc1)C1CCCC1. The minimum absolute atomic E-state index is 0.121. The van der Waals surface area contributed by atoms with E-state index in [9.17, 15) is 4.79 Å². The molecule has 7 heteroatoms. The molecular formula is C22H20Cl3N3O. The van der Waals surface area contributed by atoms with Gasteiger partial charge >= 0.3 is 0 Å². The van der Waals surface area contributed by atoms with Gasteiger partial charge in [0.2, 0.25) is 0 Å². The molecule has 1 aliphatic rings. The Hall–Kier alpha value is -2.01. The van der Waals surface area contributed by atoms with Crippen molar-refractivity contribution in [3.8, 4) is 11.4 Å². The van der Waals surface area contributed by atoms with Gasteiger partial charge in [0.15, 0.2) is 0 Å². The number of hydrogen-bond acceptors (Lipinski definition) is 2. The molecule has 1 fully saturated rings. The van der Waals surface area contributed by atoms with Crippen LogP contribution >= 0.6 is 34.8 Å². The van der Waals surface area contributed by atoms with Crippen LogP contribution in [-0.2, 0) is 0 Å². The van der Waals surface area contributed by atoms with E-state index in [0.717, 1.165) is 31.4 Å². The number of rotatable bonds is 4. The van der Waals surface area contributed by atoms with Gasteiger partial charge in [-0.25, -0.2) is 4.98 Å². The molecule has 1 saturated carbocycles. The predicted octanol–water partition coefficient (Wildman–Crippen LogP) is 6.93. The largest absolute Gasteiger partial charge is 0.341 e. The van der Waals surface area contributed by atoms with Crippen molar-refractivity contribution in [2.45, 2.75) is 38.6 Å². The number of H-pyrrole nitrogens is 1. The van der Waals surface area contributed by atoms with Crippen LogP contribution in [0.5, 0.6) is 0 Å². The minimum atomic E-state index is -0.121. The number of halogens is 3. The van der Waals surface area contributed by atoms with Crippen LogP contribution in [0.4, 0.5) is 5.69 Å². The molecule has 0 radical (unpaired) electrons. The lowest BCUT2D eigenvalue weighted by atomic mass is 10.1. The second kappa shape index (κ2) is 8.39. The molecule has 0 unspecified atom stereocenters. The number of amides is 1. The van der Waals surface area contributed by atoms with Crippen LogP contribution < -0.4 is 4.90 Å². The summed E-state index contributed by atoms with van der Waals surface area (Å²) in [7, 11) is 0. The number of aryl methyl sites for hydroxylation is 1. The Labute approximate surface area is 184 Å². The molecule has 1 aliphatic carbocycles. The number of carbonyl (C=O) groups excluding carboxylic acids is 1. The van der Waals surface area contributed by atoms with Crippen LogP contribution in [0.2, 0.25) is 15.1 Å². The number of anilines is 1. The van der Waals surface area contributed by atoms with E-state index < -0.39 is 0 Å². The molecule has 0 aliphatic heterocycles. The van der Waals surface area contributed by atoms with Crippen LogP contribution in [0.25, 0.3) is 11.4 Å². The van der Waals surface area contributed by atoms with E-state index in [4.69, 9.17) is 34.8 Å². The average molecular weight is 449 g/mol. The molecule has 3 aromatic rings. The number of imidazole rings is 1. The van der Waals surface area contributed by atoms with E-state index in [-0.39, 0.29) is 11.9 Å². The van der Waals surface area contributed by atoms with Crippen molar-refractivity contribution in [3.05, 3.63) is 68.9 Å². The highest BCUT2D eigenvalue weighted by Gasteiger charge is 2.31. The summed E-state index contributed by atoms with van der Waals surface area (Å²) >= 11 is 18.4. The lowest BCUT2D eigenvalue weighted by Gasteiger charge is -2.28. The molecule has 0 bridgehead atoms. The average Bonchev–Trinajstić information content (AvgIpc) is 3.33. The van der Waals surface area contributed by atoms with Crippen molar-refractivity contribution >= 4 is 46.4 Å². The number of hydrogen-bond donors (Lipinski definition) is 1. The third kappa shape index (κ3) is 4.16. The van der Waals surface area contributed by atoms with E-state index in [1.165, 1.54) is 0 Å². The number of aromatic amines is 1. The van der Waals surface area contributed by atoms with Gasteiger partial charge in [0, 0.05) is 33.0 Å². The van der Waals surface area contributed by atoms with Crippen LogP contribution in [0, 0.1) is 6.92 Å². The van der Waals surface area contributed by atoms with Crippen molar-refractivity contribution in [1.29, 1.82) is 0 Å². The summed E-state index contributed by atoms with van der Waals surface area (Å²) in [5, 5.41) is 1.67. The normalized spacial score (nSPS) is 14.3. The van der Waals surface area contributed by atoms with Gasteiger partial charge in [-0.3, -0.25) is 4.79 Å². The van der Waals surface area contributed by atoms with E-state index in [0.29, 0.717) is 37.8 Å². The molecule has 4 nitrogen and oxygen atoms in total. The molecule has 1 N–H and O–H groups in total. The first kappa shape index (κ1) is 20.3. The van der Waals surface area contributed by atoms with Crippen molar-refractivity contribution in [2.24, 2.45) is 0 Å². The molecule has 1 amide bonds. The van der Waals surface area contributed by atoms with Crippen LogP contribution in [0.3, 0.4) is 0 Å². The Morgan fingerprint density at radius 3 is 2.34 bits per heavy atom. The quantitative estimate of drug-likeness (QED) is 0.470. The highest BCUT2D eigenvalue weighted by atomic mass is 35.5. The summed E-state index contributed by atoms with van der Waals surface area (Å²) < 4.78 is 0. The zero-order valence-corrected chi connectivity index (χ0v) is 18.2. The Balaban J connectivity index is 1.72. The number of carbonyl (C=O) groups is 1. The van der Waals surface area contributed by atoms with Gasteiger partial charge in [0.25, 0.3) is 5.91 Å². The molecule has 1 heterocycles. The summed E-state index contributed by atoms with van der Waals surface area (Å²) in [6, 6.07) is 12.8. The summed E-state index contributed by atoms with van der Waals surface area (Å²) in [5.41, 5.74) is 2.64. The summed E-state index contributed by atoms with van der Waals surface area (Å²) in [5.74, 6) is 0.430. The topological polar surface area (TPSA) is 49.0 Å². The van der Waals surface area contributed by atoms with E-state index in [1.54, 1.807) is 18.2 Å². The molecule has 4 rings (SSSR count). The summed E-state index contributed by atoms with van der Waals surface area (Å²) in [6.07, 6.45) is 4.20. The fraction of sp³-hybridized carbons (Fsp3) is 0.273. The highest BCUT2D eigenvalue weighted by molar-refractivity contribution is 6.36. The number of benzene rings is 2. The first-order chi connectivity index (χ1) is 13.9. The van der Waals surface area contributed by atoms with Crippen LogP contribution in [0.15, 0.2) is 42.5 Å². The number of nitrogens with zero attached hydrogens (tertiary/aromatic N) is 2. The summed E-state index contributed by atoms with van der Waals surface area (Å²) in [6.45, 7) is 1.85. The predicted molar refractivity (Wildman–Crippen MR) is 119 cm³/mol. The van der Waals surface area contributed by atoms with Gasteiger partial charge in [-0.2, -0.15) is 0 Å². The maximum Gasteiger partial charge on any atom is 0.279 e. The van der Waals surface area contributed by atoms with Gasteiger partial charge in [0.05, 0.1) is 5.02 Å². The number of nitrogens with one attached hydrogen (secondary N) is 1. The first-order valence-electron chi connectivity index (χ1n) is 9.55. The Bertz CT molecular complexity index is 1040. The second-order valence-corrected chi connectivity index (χ2v) is 8.55. The van der Waals surface area contributed by atoms with Crippen molar-refractivity contribution in [1.82, 2.24) is 9.97 Å². The van der Waals surface area contributed by atoms with Gasteiger partial charge in [0.1, 0.15) is 11.5 Å². The molecule has 2 aromatic carbocycles. The van der Waals surface area contributed by atoms with Crippen LogP contribution in [-0.4, -0.2) is 21.9 Å². The van der Waals surface area contributed by atoms with Crippen molar-refractivity contribution < 1.29 is 4.79 Å². The standard InChI is InChI=1S/C22H20Cl3N3O/c1-13-20(27-21(26-13)18-11-8-15(24)12-19(18)25)22(29)28(16-4-2-3-5-16)17-9-6-14(23)7-10-17/h6-12,16H,2-5H2,1H3,(H,26,27). The maximum absolute atomic E-state index is 13.6. The molecule has 29 heavy (non-hydrogen) atoms. The third-order valence-corrected chi connectivity index (χ3v) is 6.09. The molecule has 1 aromatic heterocycles. The van der Waals surface area contributed by atoms with Gasteiger partial charge < -0.3 is 9.88 Å². The van der Waals surface area contributed by atoms with E-state index in [1.807, 2.05) is 36.1 Å². The van der Waals surface area contributed by atoms with E-state index >= 15 is 0 Å². The minimum Gasteiger partial charge on any atom is -0.341 e. The van der Waals surface area contributed by atoms with E-state index in [2.05, 4.69) is 9.97 Å². The maximum atomic E-state index is 13.6. The van der Waals surface area contributed by atoms with Gasteiger partial charge in [-0.1, -0.05) is 47.6 Å². The lowest BCUT2D eigenvalue weighted by Crippen LogP contribution is -2.39. The molecule has 0 spiro atoms. The Morgan fingerprint density at radius 2 is 1.69 bits per heavy atom. The fourth-order valence-corrected chi connectivity index (χ4v) is 4.47. The second-order valence-electron chi connectivity index (χ2n) is 7.27. The molecular weight excluding hydrogens is 429 g/mol. The fourth-order valence-electron chi connectivity index (χ4n) is 3.85. The molecule has 0 saturated heterocycles. The summed E-state index contributed by atoms with van der Waals surface area (Å²) in [4.78, 5) is 23.2. The lowest BCUT2D eigenvalue weighted by molar-refractivity contribution is 0.0972. The smallest absolute Gasteiger partial charge is 0.279 e. The molecule has 0 atom stereocenters. The zero-order valence-electron chi connectivity index (χ0n) is 15.9. The number of aromatic nitrogens is 2. The van der Waals surface area contributed by atoms with Gasteiger partial charge in [-0.15, -0.1) is 0 Å². The van der Waals surface area contributed by atoms with Crippen molar-refractivity contribution in [3.63, 3.8) is 0 Å². The first-order valence-corrected chi connectivity index (χ1v) is 10.7. The molecule has 150 valence electrons. The van der Waals surface area contributed by atoms with Gasteiger partial charge in [-0.05, 0) is 62.2 Å². The highest BCUT2D eigenvalue weighted by Crippen LogP contribution is 2.33. The zero-order chi connectivity index (χ0) is 20.5.